The maximum atomic E-state index is 12.7. The molecule has 0 atom stereocenters. The predicted molar refractivity (Wildman–Crippen MR) is 151 cm³/mol. The third kappa shape index (κ3) is 6.01. The number of nitrogens with one attached hydrogen (secondary N) is 1. The first kappa shape index (κ1) is 25.8. The van der Waals surface area contributed by atoms with Gasteiger partial charge in [-0.25, -0.2) is 8.42 Å². The zero-order valence-electron chi connectivity index (χ0n) is 21.4. The van der Waals surface area contributed by atoms with Gasteiger partial charge in [-0.1, -0.05) is 48.5 Å². The Hall–Kier alpha value is -3.81. The van der Waals surface area contributed by atoms with E-state index in [4.69, 9.17) is 4.74 Å². The molecule has 0 radical (unpaired) electrons. The van der Waals surface area contributed by atoms with Crippen LogP contribution in [0.1, 0.15) is 29.5 Å². The number of ether oxygens (including phenoxy) is 1. The minimum absolute atomic E-state index is 0.177. The lowest BCUT2D eigenvalue weighted by atomic mass is 9.94. The monoisotopic (exact) mass is 528 g/mol. The number of nitrogens with zero attached hydrogens (tertiary/aromatic N) is 1. The third-order valence-electron chi connectivity index (χ3n) is 6.93. The number of phenols is 1. The first-order valence-corrected chi connectivity index (χ1v) is 14.3. The van der Waals surface area contributed by atoms with E-state index >= 15 is 0 Å². The van der Waals surface area contributed by atoms with Gasteiger partial charge in [0.1, 0.15) is 11.5 Å². The van der Waals surface area contributed by atoms with Gasteiger partial charge in [0.15, 0.2) is 0 Å². The average molecular weight is 529 g/mol. The predicted octanol–water partition coefficient (Wildman–Crippen LogP) is 6.06. The quantitative estimate of drug-likeness (QED) is 0.276. The number of sulfonamides is 1. The molecule has 38 heavy (non-hydrogen) atoms. The molecular weight excluding hydrogens is 496 g/mol. The molecule has 0 aliphatic carbocycles. The van der Waals surface area contributed by atoms with Crippen LogP contribution in [0, 0.1) is 0 Å². The molecule has 4 aromatic carbocycles. The Bertz CT molecular complexity index is 1500. The van der Waals surface area contributed by atoms with Gasteiger partial charge in [-0.3, -0.25) is 9.62 Å². The molecule has 1 aliphatic heterocycles. The highest BCUT2D eigenvalue weighted by molar-refractivity contribution is 7.92. The fourth-order valence-electron chi connectivity index (χ4n) is 4.95. The van der Waals surface area contributed by atoms with E-state index < -0.39 is 10.0 Å². The number of benzene rings is 4. The fraction of sp³-hybridized carbons (Fsp3) is 0.226. The first-order chi connectivity index (χ1) is 18.4. The van der Waals surface area contributed by atoms with Gasteiger partial charge >= 0.3 is 0 Å². The normalized spacial score (nSPS) is 13.9. The van der Waals surface area contributed by atoms with Crippen LogP contribution >= 0.6 is 0 Å². The summed E-state index contributed by atoms with van der Waals surface area (Å²) in [6, 6.07) is 27.2. The molecule has 0 aromatic heterocycles. The fourth-order valence-corrected chi connectivity index (χ4v) is 6.03. The summed E-state index contributed by atoms with van der Waals surface area (Å²) in [5.74, 6) is 1.07. The molecule has 6 nitrogen and oxygen atoms in total. The minimum atomic E-state index is -3.67. The Labute approximate surface area is 224 Å². The molecule has 0 unspecified atom stereocenters. The Morgan fingerprint density at radius 2 is 1.58 bits per heavy atom. The van der Waals surface area contributed by atoms with Crippen molar-refractivity contribution in [3.63, 3.8) is 0 Å². The van der Waals surface area contributed by atoms with Gasteiger partial charge in [0.05, 0.1) is 12.0 Å². The van der Waals surface area contributed by atoms with Crippen molar-refractivity contribution in [1.82, 2.24) is 4.90 Å². The molecule has 0 amide bonds. The van der Waals surface area contributed by atoms with Crippen LogP contribution in [0.15, 0.2) is 95.9 Å². The van der Waals surface area contributed by atoms with Gasteiger partial charge in [0.25, 0.3) is 10.0 Å². The molecule has 0 saturated carbocycles. The van der Waals surface area contributed by atoms with E-state index in [9.17, 15) is 13.5 Å². The summed E-state index contributed by atoms with van der Waals surface area (Å²) >= 11 is 0. The van der Waals surface area contributed by atoms with Crippen molar-refractivity contribution in [1.29, 1.82) is 0 Å². The van der Waals surface area contributed by atoms with E-state index in [1.54, 1.807) is 61.7 Å². The molecule has 0 bridgehead atoms. The summed E-state index contributed by atoms with van der Waals surface area (Å²) in [6.45, 7) is 3.16. The molecule has 196 valence electrons. The lowest BCUT2D eigenvalue weighted by Crippen LogP contribution is -2.18. The van der Waals surface area contributed by atoms with E-state index in [0.29, 0.717) is 12.1 Å². The van der Waals surface area contributed by atoms with Crippen LogP contribution in [0.25, 0.3) is 11.1 Å². The molecule has 5 rings (SSSR count). The smallest absolute Gasteiger partial charge is 0.261 e. The van der Waals surface area contributed by atoms with Crippen molar-refractivity contribution >= 4 is 15.7 Å². The second-order valence-electron chi connectivity index (χ2n) is 9.64. The highest BCUT2D eigenvalue weighted by atomic mass is 32.2. The number of anilines is 1. The lowest BCUT2D eigenvalue weighted by molar-refractivity contribution is 0.321. The van der Waals surface area contributed by atoms with E-state index in [1.807, 2.05) is 18.2 Å². The highest BCUT2D eigenvalue weighted by Crippen LogP contribution is 2.32. The summed E-state index contributed by atoms with van der Waals surface area (Å²) < 4.78 is 33.7. The molecular formula is C31H32N2O4S. The number of phenolic OH excluding ortho intramolecular Hbond substituents is 1. The van der Waals surface area contributed by atoms with Crippen molar-refractivity contribution in [3.05, 3.63) is 108 Å². The maximum Gasteiger partial charge on any atom is 0.261 e. The number of rotatable bonds is 9. The Balaban J connectivity index is 1.36. The molecule has 2 N–H and O–H groups in total. The van der Waals surface area contributed by atoms with Crippen molar-refractivity contribution in [2.45, 2.75) is 30.7 Å². The summed E-state index contributed by atoms with van der Waals surface area (Å²) in [5, 5.41) is 10.2. The summed E-state index contributed by atoms with van der Waals surface area (Å²) in [7, 11) is -1.95. The van der Waals surface area contributed by atoms with Crippen molar-refractivity contribution in [2.24, 2.45) is 0 Å². The average Bonchev–Trinajstić information content (AvgIpc) is 3.44. The number of aromatic hydroxyl groups is 1. The van der Waals surface area contributed by atoms with E-state index in [-0.39, 0.29) is 10.6 Å². The van der Waals surface area contributed by atoms with Crippen LogP contribution in [0.5, 0.6) is 11.5 Å². The zero-order chi connectivity index (χ0) is 26.5. The van der Waals surface area contributed by atoms with E-state index in [2.05, 4.69) is 27.8 Å². The van der Waals surface area contributed by atoms with Gasteiger partial charge in [-0.15, -0.1) is 0 Å². The van der Waals surface area contributed by atoms with Crippen molar-refractivity contribution in [3.8, 4) is 22.6 Å². The molecule has 1 fully saturated rings. The largest absolute Gasteiger partial charge is 0.508 e. The molecule has 0 spiro atoms. The van der Waals surface area contributed by atoms with Crippen LogP contribution in [-0.2, 0) is 23.0 Å². The van der Waals surface area contributed by atoms with Crippen LogP contribution in [-0.4, -0.2) is 38.6 Å². The van der Waals surface area contributed by atoms with Crippen molar-refractivity contribution in [2.75, 3.05) is 24.9 Å². The third-order valence-corrected chi connectivity index (χ3v) is 8.33. The van der Waals surface area contributed by atoms with Crippen LogP contribution in [0.2, 0.25) is 0 Å². The second-order valence-corrected chi connectivity index (χ2v) is 11.3. The molecule has 1 saturated heterocycles. The van der Waals surface area contributed by atoms with Gasteiger partial charge < -0.3 is 9.84 Å². The van der Waals surface area contributed by atoms with Crippen LogP contribution in [0.4, 0.5) is 5.69 Å². The minimum Gasteiger partial charge on any atom is -0.508 e. The number of methoxy groups -OCH3 is 1. The maximum absolute atomic E-state index is 12.7. The van der Waals surface area contributed by atoms with Gasteiger partial charge in [0.2, 0.25) is 0 Å². The highest BCUT2D eigenvalue weighted by Gasteiger charge is 2.16. The Morgan fingerprint density at radius 3 is 2.29 bits per heavy atom. The topological polar surface area (TPSA) is 78.9 Å². The molecule has 7 heteroatoms. The zero-order valence-corrected chi connectivity index (χ0v) is 22.2. The van der Waals surface area contributed by atoms with Gasteiger partial charge in [0, 0.05) is 17.8 Å². The Morgan fingerprint density at radius 1 is 0.868 bits per heavy atom. The van der Waals surface area contributed by atoms with Gasteiger partial charge in [-0.2, -0.15) is 0 Å². The van der Waals surface area contributed by atoms with Crippen LogP contribution in [0.3, 0.4) is 0 Å². The van der Waals surface area contributed by atoms with Crippen LogP contribution < -0.4 is 9.46 Å². The standard InChI is InChI=1S/C31H32N2O4S/c1-37-31-20-23(9-10-26(31)22-33-17-5-6-18-33)19-25-13-16-28(34)21-30(25)24-11-14-27(15-12-24)32-38(35,36)29-7-3-2-4-8-29/h2-4,7-16,20-21,32,34H,5-6,17-19,22H2,1H3. The molecule has 1 aliphatic rings. The number of hydrogen-bond donors (Lipinski definition) is 2. The molecule has 1 heterocycles. The van der Waals surface area contributed by atoms with E-state index in [1.165, 1.54) is 18.4 Å². The van der Waals surface area contributed by atoms with E-state index in [0.717, 1.165) is 47.6 Å². The van der Waals surface area contributed by atoms with Gasteiger partial charge in [-0.05, 0) is 97.1 Å². The second kappa shape index (κ2) is 11.3. The molecule has 4 aromatic rings. The summed E-state index contributed by atoms with van der Waals surface area (Å²) in [6.07, 6.45) is 3.17. The number of likely N-dealkylation sites (tertiary alicyclic amines) is 1. The summed E-state index contributed by atoms with van der Waals surface area (Å²) in [5.41, 5.74) is 5.61. The lowest BCUT2D eigenvalue weighted by Gasteiger charge is -2.18. The summed E-state index contributed by atoms with van der Waals surface area (Å²) in [4.78, 5) is 2.67. The Kier molecular flexibility index (Phi) is 7.67. The first-order valence-electron chi connectivity index (χ1n) is 12.8. The number of hydrogen-bond acceptors (Lipinski definition) is 5. The SMILES string of the molecule is COc1cc(Cc2ccc(O)cc2-c2ccc(NS(=O)(=O)c3ccccc3)cc2)ccc1CN1CCCC1. The van der Waals surface area contributed by atoms with Crippen molar-refractivity contribution < 1.29 is 18.3 Å².